The number of fused-ring (bicyclic) bond motifs is 1. The van der Waals surface area contributed by atoms with Gasteiger partial charge in [-0.25, -0.2) is 9.87 Å². The van der Waals surface area contributed by atoms with E-state index in [4.69, 9.17) is 9.94 Å². The lowest BCUT2D eigenvalue weighted by Gasteiger charge is -2.37. The minimum absolute atomic E-state index is 0.0371. The van der Waals surface area contributed by atoms with Gasteiger partial charge in [0.15, 0.2) is 5.78 Å². The molecule has 31 heavy (non-hydrogen) atoms. The number of carbonyl (C=O) groups is 2. The second kappa shape index (κ2) is 8.99. The normalized spacial score (nSPS) is 21.5. The molecule has 6 nitrogen and oxygen atoms in total. The molecule has 1 unspecified atom stereocenters. The Hall–Kier alpha value is -3.03. The Morgan fingerprint density at radius 3 is 2.77 bits per heavy atom. The summed E-state index contributed by atoms with van der Waals surface area (Å²) >= 11 is 0. The van der Waals surface area contributed by atoms with Gasteiger partial charge in [-0.1, -0.05) is 18.2 Å². The molecule has 1 spiro atoms. The Labute approximate surface area is 180 Å². The number of rotatable bonds is 4. The average molecular weight is 424 g/mol. The quantitative estimate of drug-likeness (QED) is 0.444. The first-order chi connectivity index (χ1) is 15.0. The van der Waals surface area contributed by atoms with Crippen molar-refractivity contribution in [3.05, 3.63) is 71.0 Å². The maximum atomic E-state index is 13.2. The molecule has 2 heterocycles. The maximum Gasteiger partial charge on any atom is 0.267 e. The van der Waals surface area contributed by atoms with Gasteiger partial charge in [-0.2, -0.15) is 0 Å². The fraction of sp³-hybridized carbons (Fsp3) is 0.333. The third kappa shape index (κ3) is 5.00. The summed E-state index contributed by atoms with van der Waals surface area (Å²) < 4.78 is 19.5. The lowest BCUT2D eigenvalue weighted by Crippen LogP contribution is -2.42. The minimum atomic E-state index is -0.636. The zero-order valence-corrected chi connectivity index (χ0v) is 17.1. The predicted molar refractivity (Wildman–Crippen MR) is 113 cm³/mol. The Kier molecular flexibility index (Phi) is 6.15. The lowest BCUT2D eigenvalue weighted by molar-refractivity contribution is -0.124. The Morgan fingerprint density at radius 1 is 1.19 bits per heavy atom. The molecule has 2 aliphatic heterocycles. The van der Waals surface area contributed by atoms with Crippen LogP contribution < -0.4 is 10.2 Å². The van der Waals surface area contributed by atoms with Gasteiger partial charge in [0, 0.05) is 25.6 Å². The van der Waals surface area contributed by atoms with Crippen LogP contribution in [-0.2, 0) is 11.3 Å². The largest absolute Gasteiger partial charge is 0.486 e. The van der Waals surface area contributed by atoms with E-state index in [0.717, 1.165) is 44.5 Å². The van der Waals surface area contributed by atoms with Crippen molar-refractivity contribution in [3.63, 3.8) is 0 Å². The topological polar surface area (TPSA) is 78.9 Å². The molecule has 4 rings (SSSR count). The van der Waals surface area contributed by atoms with Crippen molar-refractivity contribution in [3.8, 4) is 5.75 Å². The van der Waals surface area contributed by atoms with Crippen LogP contribution in [-0.4, -0.2) is 40.5 Å². The fourth-order valence-corrected chi connectivity index (χ4v) is 4.33. The van der Waals surface area contributed by atoms with E-state index in [2.05, 4.69) is 4.90 Å². The highest BCUT2D eigenvalue weighted by atomic mass is 19.1. The van der Waals surface area contributed by atoms with Gasteiger partial charge >= 0.3 is 0 Å². The van der Waals surface area contributed by atoms with E-state index in [1.807, 2.05) is 12.1 Å². The number of halogens is 1. The number of hydroxylamine groups is 1. The van der Waals surface area contributed by atoms with Gasteiger partial charge in [0.1, 0.15) is 17.2 Å². The summed E-state index contributed by atoms with van der Waals surface area (Å²) in [6.07, 6.45) is 5.52. The molecule has 0 aliphatic carbocycles. The molecule has 2 aromatic carbocycles. The van der Waals surface area contributed by atoms with E-state index < -0.39 is 11.5 Å². The molecular weight excluding hydrogens is 399 g/mol. The van der Waals surface area contributed by atoms with E-state index in [9.17, 15) is 14.0 Å². The molecule has 1 amide bonds. The van der Waals surface area contributed by atoms with Crippen LogP contribution in [0.25, 0.3) is 6.08 Å². The number of nitrogens with zero attached hydrogens (tertiary/aromatic N) is 1. The molecule has 0 radical (unpaired) electrons. The smallest absolute Gasteiger partial charge is 0.267 e. The zero-order chi connectivity index (χ0) is 21.8. The molecule has 7 heteroatoms. The van der Waals surface area contributed by atoms with E-state index in [0.29, 0.717) is 23.3 Å². The molecular formula is C24H25FN2O4. The van der Waals surface area contributed by atoms with Gasteiger partial charge in [0.05, 0.1) is 12.0 Å². The predicted octanol–water partition coefficient (Wildman–Crippen LogP) is 3.73. The first-order valence-corrected chi connectivity index (χ1v) is 10.4. The molecule has 0 bridgehead atoms. The van der Waals surface area contributed by atoms with Crippen molar-refractivity contribution < 1.29 is 23.9 Å². The van der Waals surface area contributed by atoms with Crippen LogP contribution >= 0.6 is 0 Å². The number of ketones is 1. The van der Waals surface area contributed by atoms with Crippen molar-refractivity contribution in [2.45, 2.75) is 37.8 Å². The van der Waals surface area contributed by atoms with Crippen LogP contribution in [0, 0.1) is 5.82 Å². The summed E-state index contributed by atoms with van der Waals surface area (Å²) in [4.78, 5) is 26.4. The van der Waals surface area contributed by atoms with Crippen molar-refractivity contribution in [1.82, 2.24) is 10.4 Å². The van der Waals surface area contributed by atoms with E-state index >= 15 is 0 Å². The summed E-state index contributed by atoms with van der Waals surface area (Å²) in [7, 11) is 0. The summed E-state index contributed by atoms with van der Waals surface area (Å²) in [5, 5.41) is 8.58. The molecule has 1 fully saturated rings. The Balaban J connectivity index is 1.45. The van der Waals surface area contributed by atoms with E-state index in [1.54, 1.807) is 18.2 Å². The second-order valence-corrected chi connectivity index (χ2v) is 8.21. The molecule has 0 saturated carbocycles. The minimum Gasteiger partial charge on any atom is -0.486 e. The lowest BCUT2D eigenvalue weighted by atomic mass is 9.84. The number of carbonyl (C=O) groups excluding carboxylic acids is 2. The Bertz CT molecular complexity index is 1010. The van der Waals surface area contributed by atoms with E-state index in [-0.39, 0.29) is 11.6 Å². The Morgan fingerprint density at radius 2 is 2.00 bits per heavy atom. The van der Waals surface area contributed by atoms with Crippen LogP contribution in [0.2, 0.25) is 0 Å². The van der Waals surface area contributed by atoms with Gasteiger partial charge in [0.25, 0.3) is 5.91 Å². The van der Waals surface area contributed by atoms with Crippen LogP contribution in [0.5, 0.6) is 5.75 Å². The van der Waals surface area contributed by atoms with Crippen LogP contribution in [0.3, 0.4) is 0 Å². The fourth-order valence-electron chi connectivity index (χ4n) is 4.33. The zero-order valence-electron chi connectivity index (χ0n) is 17.1. The van der Waals surface area contributed by atoms with Gasteiger partial charge < -0.3 is 4.74 Å². The molecule has 1 saturated heterocycles. The van der Waals surface area contributed by atoms with Crippen molar-refractivity contribution >= 4 is 17.8 Å². The molecule has 2 aromatic rings. The van der Waals surface area contributed by atoms with Gasteiger partial charge in [0.2, 0.25) is 0 Å². The number of likely N-dealkylation sites (tertiary alicyclic amines) is 1. The number of hydrogen-bond donors (Lipinski definition) is 2. The highest BCUT2D eigenvalue weighted by Crippen LogP contribution is 2.40. The second-order valence-electron chi connectivity index (χ2n) is 8.21. The number of benzene rings is 2. The molecule has 1 atom stereocenters. The average Bonchev–Trinajstić information content (AvgIpc) is 2.96. The van der Waals surface area contributed by atoms with E-state index in [1.165, 1.54) is 29.8 Å². The summed E-state index contributed by atoms with van der Waals surface area (Å²) in [5.41, 5.74) is 3.30. The highest BCUT2D eigenvalue weighted by molar-refractivity contribution is 6.01. The van der Waals surface area contributed by atoms with Gasteiger partial charge in [-0.3, -0.25) is 19.7 Å². The SMILES string of the molecule is O=C(C=Cc1ccc2c(c1)C(=O)CC1(CCCN(Cc3ccc(F)cc3)CC1)O2)NO. The van der Waals surface area contributed by atoms with Gasteiger partial charge in [-0.05, 0) is 60.9 Å². The molecule has 2 N–H and O–H groups in total. The number of ether oxygens (including phenoxy) is 1. The van der Waals surface area contributed by atoms with Crippen LogP contribution in [0.15, 0.2) is 48.5 Å². The van der Waals surface area contributed by atoms with Crippen LogP contribution in [0.1, 0.15) is 47.2 Å². The first kappa shape index (κ1) is 21.2. The van der Waals surface area contributed by atoms with Crippen molar-refractivity contribution in [2.24, 2.45) is 0 Å². The monoisotopic (exact) mass is 424 g/mol. The highest BCUT2D eigenvalue weighted by Gasteiger charge is 2.41. The van der Waals surface area contributed by atoms with Crippen LogP contribution in [0.4, 0.5) is 4.39 Å². The summed E-state index contributed by atoms with van der Waals surface area (Å²) in [6.45, 7) is 2.45. The van der Waals surface area contributed by atoms with Gasteiger partial charge in [-0.15, -0.1) is 0 Å². The maximum absolute atomic E-state index is 13.2. The summed E-state index contributed by atoms with van der Waals surface area (Å²) in [5.74, 6) is -0.258. The van der Waals surface area contributed by atoms with Crippen molar-refractivity contribution in [1.29, 1.82) is 0 Å². The molecule has 2 aliphatic rings. The summed E-state index contributed by atoms with van der Waals surface area (Å²) in [6, 6.07) is 11.8. The first-order valence-electron chi connectivity index (χ1n) is 10.4. The number of hydrogen-bond acceptors (Lipinski definition) is 5. The number of amides is 1. The third-order valence-corrected chi connectivity index (χ3v) is 5.96. The molecule has 162 valence electrons. The van der Waals surface area contributed by atoms with Crippen molar-refractivity contribution in [2.75, 3.05) is 13.1 Å². The molecule has 0 aromatic heterocycles. The number of nitrogens with one attached hydrogen (secondary N) is 1. The number of Topliss-reactive ketones (excluding diaryl/α,β-unsaturated/α-hetero) is 1. The standard InChI is InChI=1S/C24H25FN2O4/c25-19-6-2-18(3-7-19)16-27-12-1-10-24(11-13-27)15-21(28)20-14-17(4-8-22(20)31-24)5-9-23(29)26-30/h2-9,14,30H,1,10-13,15-16H2,(H,26,29). The third-order valence-electron chi connectivity index (χ3n) is 5.96.